The highest BCUT2D eigenvalue weighted by molar-refractivity contribution is 7.91. The van der Waals surface area contributed by atoms with Gasteiger partial charge in [0.25, 0.3) is 0 Å². The van der Waals surface area contributed by atoms with Gasteiger partial charge < -0.3 is 4.90 Å². The van der Waals surface area contributed by atoms with Crippen LogP contribution in [0.25, 0.3) is 21.6 Å². The Morgan fingerprint density at radius 1 is 1.08 bits per heavy atom. The summed E-state index contributed by atoms with van der Waals surface area (Å²) >= 11 is 3.44. The topological polar surface area (TPSA) is 63.2 Å². The summed E-state index contributed by atoms with van der Waals surface area (Å²) in [5.74, 6) is 2.10. The van der Waals surface area contributed by atoms with E-state index >= 15 is 0 Å². The molecule has 4 heterocycles. The van der Waals surface area contributed by atoms with Crippen molar-refractivity contribution < 1.29 is 8.42 Å². The van der Waals surface area contributed by atoms with Crippen molar-refractivity contribution in [2.45, 2.75) is 25.7 Å². The number of aryl methyl sites for hydroxylation is 2. The SMILES string of the molecule is O=S1(=O)CCN(c2nc(-c3ccsc3)nc3sc4c(c23)CCCC4)CC1. The molecule has 0 saturated carbocycles. The van der Waals surface area contributed by atoms with Crippen molar-refractivity contribution in [1.82, 2.24) is 9.97 Å². The predicted molar refractivity (Wildman–Crippen MR) is 108 cm³/mol. The van der Waals surface area contributed by atoms with Crippen LogP contribution in [0.2, 0.25) is 0 Å². The average Bonchev–Trinajstić information content (AvgIpc) is 3.28. The first-order valence-electron chi connectivity index (χ1n) is 8.91. The highest BCUT2D eigenvalue weighted by Gasteiger charge is 2.28. The second kappa shape index (κ2) is 6.28. The van der Waals surface area contributed by atoms with E-state index in [0.717, 1.165) is 34.9 Å². The first kappa shape index (κ1) is 16.6. The van der Waals surface area contributed by atoms with Crippen LogP contribution in [0.3, 0.4) is 0 Å². The molecule has 136 valence electrons. The molecule has 3 aromatic heterocycles. The number of anilines is 1. The third-order valence-corrected chi connectivity index (χ3v) is 8.70. The summed E-state index contributed by atoms with van der Waals surface area (Å²) in [6.45, 7) is 1.03. The van der Waals surface area contributed by atoms with Crippen molar-refractivity contribution >= 4 is 48.5 Å². The molecule has 1 aliphatic heterocycles. The quantitative estimate of drug-likeness (QED) is 0.653. The van der Waals surface area contributed by atoms with Gasteiger partial charge in [0.15, 0.2) is 15.7 Å². The van der Waals surface area contributed by atoms with E-state index in [1.807, 2.05) is 11.4 Å². The fourth-order valence-corrected chi connectivity index (χ4v) is 6.90. The van der Waals surface area contributed by atoms with Gasteiger partial charge in [-0.05, 0) is 42.7 Å². The molecule has 0 spiro atoms. The molecule has 0 radical (unpaired) electrons. The first-order valence-corrected chi connectivity index (χ1v) is 12.5. The van der Waals surface area contributed by atoms with Crippen LogP contribution in [0.4, 0.5) is 5.82 Å². The van der Waals surface area contributed by atoms with Gasteiger partial charge in [0.1, 0.15) is 10.6 Å². The van der Waals surface area contributed by atoms with Gasteiger partial charge in [-0.2, -0.15) is 11.3 Å². The number of hydrogen-bond donors (Lipinski definition) is 0. The maximum absolute atomic E-state index is 11.9. The predicted octanol–water partition coefficient (Wildman–Crippen LogP) is 3.53. The van der Waals surface area contributed by atoms with Crippen molar-refractivity contribution in [3.63, 3.8) is 0 Å². The zero-order valence-electron chi connectivity index (χ0n) is 14.3. The fourth-order valence-electron chi connectivity index (χ4n) is 3.81. The highest BCUT2D eigenvalue weighted by atomic mass is 32.2. The number of nitrogens with zero attached hydrogens (tertiary/aromatic N) is 3. The molecule has 5 nitrogen and oxygen atoms in total. The van der Waals surface area contributed by atoms with Crippen molar-refractivity contribution in [3.05, 3.63) is 27.3 Å². The van der Waals surface area contributed by atoms with E-state index in [1.54, 1.807) is 22.7 Å². The molecule has 0 atom stereocenters. The Balaban J connectivity index is 1.69. The molecule has 1 saturated heterocycles. The standard InChI is InChI=1S/C18H19N3O2S3/c22-26(23)9-6-21(7-10-26)17-15-13-3-1-2-4-14(13)25-18(15)20-16(19-17)12-5-8-24-11-12/h5,8,11H,1-4,6-7,9-10H2. The molecule has 0 N–H and O–H groups in total. The van der Waals surface area contributed by atoms with Crippen LogP contribution in [-0.4, -0.2) is 43.0 Å². The van der Waals surface area contributed by atoms with Gasteiger partial charge in [0.2, 0.25) is 0 Å². The molecule has 8 heteroatoms. The summed E-state index contributed by atoms with van der Waals surface area (Å²) in [6.07, 6.45) is 4.65. The number of rotatable bonds is 2. The molecule has 0 unspecified atom stereocenters. The van der Waals surface area contributed by atoms with Gasteiger partial charge in [0.05, 0.1) is 16.9 Å². The number of thiophene rings is 2. The molecule has 3 aromatic rings. The first-order chi connectivity index (χ1) is 12.6. The molecule has 1 aliphatic carbocycles. The molecule has 0 amide bonds. The lowest BCUT2D eigenvalue weighted by Crippen LogP contribution is -2.40. The van der Waals surface area contributed by atoms with Gasteiger partial charge in [-0.1, -0.05) is 0 Å². The van der Waals surface area contributed by atoms with E-state index in [1.165, 1.54) is 28.7 Å². The van der Waals surface area contributed by atoms with Crippen LogP contribution in [0.5, 0.6) is 0 Å². The maximum Gasteiger partial charge on any atom is 0.163 e. The number of sulfone groups is 1. The summed E-state index contributed by atoms with van der Waals surface area (Å²) in [5.41, 5.74) is 2.44. The summed E-state index contributed by atoms with van der Waals surface area (Å²) in [4.78, 5) is 14.5. The van der Waals surface area contributed by atoms with Gasteiger partial charge in [-0.25, -0.2) is 18.4 Å². The van der Waals surface area contributed by atoms with Crippen LogP contribution in [0, 0.1) is 0 Å². The van der Waals surface area contributed by atoms with Crippen molar-refractivity contribution in [2.75, 3.05) is 29.5 Å². The Kier molecular flexibility index (Phi) is 4.02. The van der Waals surface area contributed by atoms with E-state index in [2.05, 4.69) is 10.3 Å². The van der Waals surface area contributed by atoms with Crippen molar-refractivity contribution in [1.29, 1.82) is 0 Å². The normalized spacial score (nSPS) is 19.6. The monoisotopic (exact) mass is 405 g/mol. The minimum Gasteiger partial charge on any atom is -0.354 e. The molecular formula is C18H19N3O2S3. The zero-order valence-corrected chi connectivity index (χ0v) is 16.7. The van der Waals surface area contributed by atoms with Crippen molar-refractivity contribution in [3.8, 4) is 11.4 Å². The third-order valence-electron chi connectivity index (χ3n) is 5.22. The maximum atomic E-state index is 11.9. The minimum atomic E-state index is -2.92. The van der Waals surface area contributed by atoms with E-state index in [9.17, 15) is 8.42 Å². The zero-order chi connectivity index (χ0) is 17.7. The molecule has 0 bridgehead atoms. The van der Waals surface area contributed by atoms with Crippen LogP contribution in [0.15, 0.2) is 16.8 Å². The molecule has 1 fully saturated rings. The molecule has 2 aliphatic rings. The van der Waals surface area contributed by atoms with Gasteiger partial charge in [0, 0.05) is 28.9 Å². The Morgan fingerprint density at radius 3 is 2.65 bits per heavy atom. The average molecular weight is 406 g/mol. The largest absolute Gasteiger partial charge is 0.354 e. The summed E-state index contributed by atoms with van der Waals surface area (Å²) in [5, 5.41) is 5.28. The fraction of sp³-hybridized carbons (Fsp3) is 0.444. The summed E-state index contributed by atoms with van der Waals surface area (Å²) in [7, 11) is -2.92. The van der Waals surface area contributed by atoms with E-state index in [-0.39, 0.29) is 11.5 Å². The summed E-state index contributed by atoms with van der Waals surface area (Å²) < 4.78 is 23.7. The molecule has 5 rings (SSSR count). The molecule has 0 aromatic carbocycles. The third kappa shape index (κ3) is 2.84. The van der Waals surface area contributed by atoms with E-state index in [4.69, 9.17) is 9.97 Å². The van der Waals surface area contributed by atoms with E-state index in [0.29, 0.717) is 13.1 Å². The number of fused-ring (bicyclic) bond motifs is 3. The minimum absolute atomic E-state index is 0.207. The van der Waals surface area contributed by atoms with Gasteiger partial charge in [-0.15, -0.1) is 11.3 Å². The Bertz CT molecular complexity index is 1060. The number of hydrogen-bond acceptors (Lipinski definition) is 7. The summed E-state index contributed by atoms with van der Waals surface area (Å²) in [6, 6.07) is 2.05. The van der Waals surface area contributed by atoms with Crippen LogP contribution in [-0.2, 0) is 22.7 Å². The Morgan fingerprint density at radius 2 is 1.88 bits per heavy atom. The molecule has 26 heavy (non-hydrogen) atoms. The second-order valence-electron chi connectivity index (χ2n) is 6.91. The van der Waals surface area contributed by atoms with Crippen LogP contribution >= 0.6 is 22.7 Å². The van der Waals surface area contributed by atoms with Crippen molar-refractivity contribution in [2.24, 2.45) is 0 Å². The smallest absolute Gasteiger partial charge is 0.163 e. The van der Waals surface area contributed by atoms with Gasteiger partial charge in [-0.3, -0.25) is 0 Å². The lowest BCUT2D eigenvalue weighted by Gasteiger charge is -2.29. The highest BCUT2D eigenvalue weighted by Crippen LogP contribution is 2.41. The van der Waals surface area contributed by atoms with Crippen LogP contribution in [0.1, 0.15) is 23.3 Å². The Hall–Kier alpha value is -1.51. The molecular weight excluding hydrogens is 386 g/mol. The Labute approximate surface area is 160 Å². The lowest BCUT2D eigenvalue weighted by atomic mass is 9.97. The van der Waals surface area contributed by atoms with Crippen LogP contribution < -0.4 is 4.90 Å². The van der Waals surface area contributed by atoms with Gasteiger partial charge >= 0.3 is 0 Å². The number of aromatic nitrogens is 2. The lowest BCUT2D eigenvalue weighted by molar-refractivity contribution is 0.586. The van der Waals surface area contributed by atoms with E-state index < -0.39 is 9.84 Å². The second-order valence-corrected chi connectivity index (χ2v) is 11.1.